The highest BCUT2D eigenvalue weighted by Crippen LogP contribution is 2.26. The van der Waals surface area contributed by atoms with E-state index in [1.807, 2.05) is 0 Å². The average Bonchev–Trinajstić information content (AvgIpc) is 2.73. The molecule has 7 nitrogen and oxygen atoms in total. The Morgan fingerprint density at radius 3 is 2.32 bits per heavy atom. The molecular formula is C20H23F3IN3O4. The molecule has 170 valence electrons. The maximum Gasteiger partial charge on any atom is 0.573 e. The van der Waals surface area contributed by atoms with E-state index in [4.69, 9.17) is 9.47 Å². The van der Waals surface area contributed by atoms with E-state index in [9.17, 15) is 18.0 Å². The topological polar surface area (TPSA) is 81.2 Å². The van der Waals surface area contributed by atoms with Crippen molar-refractivity contribution in [3.05, 3.63) is 59.2 Å². The molecule has 2 rings (SSSR count). The zero-order chi connectivity index (χ0) is 22.1. The number of hydrogen-bond donors (Lipinski definition) is 2. The lowest BCUT2D eigenvalue weighted by atomic mass is 10.1. The number of hydrogen-bond acceptors (Lipinski definition) is 5. The van der Waals surface area contributed by atoms with Crippen molar-refractivity contribution in [2.75, 3.05) is 21.3 Å². The number of alkyl halides is 3. The summed E-state index contributed by atoms with van der Waals surface area (Å²) in [5.41, 5.74) is 1.34. The summed E-state index contributed by atoms with van der Waals surface area (Å²) >= 11 is 0. The molecule has 0 spiro atoms. The van der Waals surface area contributed by atoms with Crippen LogP contribution in [-0.4, -0.2) is 39.6 Å². The predicted octanol–water partition coefficient (Wildman–Crippen LogP) is 3.86. The number of carbonyl (C=O) groups is 1. The number of benzene rings is 2. The van der Waals surface area contributed by atoms with Crippen LogP contribution in [0.4, 0.5) is 13.2 Å². The van der Waals surface area contributed by atoms with Crippen LogP contribution in [0, 0.1) is 0 Å². The van der Waals surface area contributed by atoms with E-state index < -0.39 is 12.3 Å². The number of methoxy groups -OCH3 is 2. The van der Waals surface area contributed by atoms with Gasteiger partial charge < -0.3 is 24.8 Å². The van der Waals surface area contributed by atoms with E-state index in [2.05, 4.69) is 20.4 Å². The summed E-state index contributed by atoms with van der Waals surface area (Å²) in [4.78, 5) is 15.9. The highest BCUT2D eigenvalue weighted by molar-refractivity contribution is 14.0. The van der Waals surface area contributed by atoms with Crippen molar-refractivity contribution in [3.8, 4) is 11.5 Å². The monoisotopic (exact) mass is 553 g/mol. The van der Waals surface area contributed by atoms with Gasteiger partial charge in [-0.25, -0.2) is 4.79 Å². The van der Waals surface area contributed by atoms with Gasteiger partial charge in [-0.2, -0.15) is 0 Å². The van der Waals surface area contributed by atoms with E-state index >= 15 is 0 Å². The molecule has 2 aromatic rings. The summed E-state index contributed by atoms with van der Waals surface area (Å²) in [5.74, 6) is -0.0788. The molecule has 0 amide bonds. The molecule has 0 heterocycles. The van der Waals surface area contributed by atoms with Crippen LogP contribution in [-0.2, 0) is 17.8 Å². The third-order valence-corrected chi connectivity index (χ3v) is 4.00. The Kier molecular flexibility index (Phi) is 10.4. The zero-order valence-corrected chi connectivity index (χ0v) is 19.4. The van der Waals surface area contributed by atoms with Crippen LogP contribution >= 0.6 is 24.0 Å². The number of esters is 1. The fourth-order valence-electron chi connectivity index (χ4n) is 2.59. The number of nitrogens with one attached hydrogen (secondary N) is 2. The summed E-state index contributed by atoms with van der Waals surface area (Å²) in [6.07, 6.45) is -4.78. The van der Waals surface area contributed by atoms with E-state index in [-0.39, 0.29) is 41.8 Å². The van der Waals surface area contributed by atoms with Crippen LogP contribution in [0.15, 0.2) is 47.5 Å². The molecule has 31 heavy (non-hydrogen) atoms. The van der Waals surface area contributed by atoms with E-state index in [1.165, 1.54) is 39.5 Å². The molecule has 11 heteroatoms. The van der Waals surface area contributed by atoms with Gasteiger partial charge in [-0.1, -0.05) is 24.3 Å². The van der Waals surface area contributed by atoms with Crippen molar-refractivity contribution in [1.29, 1.82) is 0 Å². The van der Waals surface area contributed by atoms with E-state index in [1.54, 1.807) is 24.3 Å². The molecule has 0 aliphatic carbocycles. The molecule has 0 aliphatic heterocycles. The SMILES string of the molecule is CN=C(NCc1ccc(OC)c(C(=O)OC)c1)NCc1ccccc1OC(F)(F)F.I. The number of nitrogens with zero attached hydrogens (tertiary/aromatic N) is 1. The Balaban J connectivity index is 0.00000480. The van der Waals surface area contributed by atoms with Crippen LogP contribution in [0.5, 0.6) is 11.5 Å². The van der Waals surface area contributed by atoms with Gasteiger partial charge in [0.05, 0.1) is 14.2 Å². The average molecular weight is 553 g/mol. The summed E-state index contributed by atoms with van der Waals surface area (Å²) in [6.45, 7) is 0.357. The highest BCUT2D eigenvalue weighted by atomic mass is 127. The van der Waals surface area contributed by atoms with Crippen molar-refractivity contribution in [3.63, 3.8) is 0 Å². The van der Waals surface area contributed by atoms with Gasteiger partial charge in [0.15, 0.2) is 5.96 Å². The number of ether oxygens (including phenoxy) is 3. The lowest BCUT2D eigenvalue weighted by Crippen LogP contribution is -2.36. The van der Waals surface area contributed by atoms with Crippen molar-refractivity contribution < 1.29 is 32.2 Å². The summed E-state index contributed by atoms with van der Waals surface area (Å²) in [5, 5.41) is 5.96. The van der Waals surface area contributed by atoms with E-state index in [0.29, 0.717) is 23.8 Å². The van der Waals surface area contributed by atoms with Crippen LogP contribution in [0.2, 0.25) is 0 Å². The Morgan fingerprint density at radius 2 is 1.71 bits per heavy atom. The number of carbonyl (C=O) groups excluding carboxylic acids is 1. The first kappa shape index (κ1) is 26.3. The minimum atomic E-state index is -4.78. The predicted molar refractivity (Wildman–Crippen MR) is 120 cm³/mol. The maximum atomic E-state index is 12.5. The Hall–Kier alpha value is -2.70. The van der Waals surface area contributed by atoms with Gasteiger partial charge in [0, 0.05) is 25.7 Å². The first-order valence-corrected chi connectivity index (χ1v) is 8.80. The molecule has 0 bridgehead atoms. The molecule has 0 atom stereocenters. The number of halogens is 4. The van der Waals surface area contributed by atoms with Crippen LogP contribution in [0.25, 0.3) is 0 Å². The molecular weight excluding hydrogens is 530 g/mol. The molecule has 2 aromatic carbocycles. The number of rotatable bonds is 7. The Bertz CT molecular complexity index is 907. The third kappa shape index (κ3) is 8.15. The fraction of sp³-hybridized carbons (Fsp3) is 0.300. The number of guanidine groups is 1. The fourth-order valence-corrected chi connectivity index (χ4v) is 2.59. The largest absolute Gasteiger partial charge is 0.573 e. The van der Waals surface area contributed by atoms with Gasteiger partial charge in [0.25, 0.3) is 0 Å². The van der Waals surface area contributed by atoms with Crippen molar-refractivity contribution in [1.82, 2.24) is 10.6 Å². The second-order valence-electron chi connectivity index (χ2n) is 5.96. The molecule has 0 saturated heterocycles. The zero-order valence-electron chi connectivity index (χ0n) is 17.1. The lowest BCUT2D eigenvalue weighted by Gasteiger charge is -2.16. The van der Waals surface area contributed by atoms with Gasteiger partial charge >= 0.3 is 12.3 Å². The Morgan fingerprint density at radius 1 is 1.03 bits per heavy atom. The minimum Gasteiger partial charge on any atom is -0.496 e. The summed E-state index contributed by atoms with van der Waals surface area (Å²) in [7, 11) is 4.26. The van der Waals surface area contributed by atoms with Gasteiger partial charge in [-0.3, -0.25) is 4.99 Å². The number of aliphatic imine (C=N–C) groups is 1. The van der Waals surface area contributed by atoms with Gasteiger partial charge in [-0.15, -0.1) is 37.1 Å². The lowest BCUT2D eigenvalue weighted by molar-refractivity contribution is -0.274. The molecule has 0 aliphatic rings. The van der Waals surface area contributed by atoms with E-state index in [0.717, 1.165) is 5.56 Å². The van der Waals surface area contributed by atoms with Crippen LogP contribution in [0.1, 0.15) is 21.5 Å². The molecule has 0 saturated carbocycles. The van der Waals surface area contributed by atoms with Crippen LogP contribution < -0.4 is 20.1 Å². The summed E-state index contributed by atoms with van der Waals surface area (Å²) in [6, 6.07) is 10.9. The summed E-state index contributed by atoms with van der Waals surface area (Å²) < 4.78 is 51.6. The quantitative estimate of drug-likeness (QED) is 0.235. The molecule has 0 fully saturated rings. The molecule has 2 N–H and O–H groups in total. The van der Waals surface area contributed by atoms with Crippen molar-refractivity contribution in [2.24, 2.45) is 4.99 Å². The van der Waals surface area contributed by atoms with Gasteiger partial charge in [-0.05, 0) is 23.8 Å². The molecule has 0 unspecified atom stereocenters. The Labute approximate surface area is 195 Å². The number of para-hydroxylation sites is 1. The molecule has 0 radical (unpaired) electrons. The van der Waals surface area contributed by atoms with Crippen molar-refractivity contribution in [2.45, 2.75) is 19.5 Å². The maximum absolute atomic E-state index is 12.5. The normalized spacial score (nSPS) is 11.2. The van der Waals surface area contributed by atoms with Gasteiger partial charge in [0.1, 0.15) is 17.1 Å². The standard InChI is InChI=1S/C20H22F3N3O4.HI/c1-24-19(26-12-14-6-4-5-7-16(14)30-20(21,22)23)25-11-13-8-9-17(28-2)15(10-13)18(27)29-3;/h4-10H,11-12H2,1-3H3,(H2,24,25,26);1H. The van der Waals surface area contributed by atoms with Crippen LogP contribution in [0.3, 0.4) is 0 Å². The molecule has 0 aromatic heterocycles. The third-order valence-electron chi connectivity index (χ3n) is 4.00. The van der Waals surface area contributed by atoms with Crippen molar-refractivity contribution >= 4 is 35.9 Å². The second kappa shape index (κ2) is 12.2. The highest BCUT2D eigenvalue weighted by Gasteiger charge is 2.31. The smallest absolute Gasteiger partial charge is 0.496 e. The van der Waals surface area contributed by atoms with Gasteiger partial charge in [0.2, 0.25) is 0 Å². The minimum absolute atomic E-state index is 0. The second-order valence-corrected chi connectivity index (χ2v) is 5.96. The first-order chi connectivity index (χ1) is 14.3. The first-order valence-electron chi connectivity index (χ1n) is 8.80.